The maximum atomic E-state index is 9.03. The highest BCUT2D eigenvalue weighted by Crippen LogP contribution is 2.31. The number of aliphatic hydroxyl groups is 2. The summed E-state index contributed by atoms with van der Waals surface area (Å²) in [7, 11) is 0. The van der Waals surface area contributed by atoms with Crippen LogP contribution in [0.2, 0.25) is 0 Å². The average molecular weight is 592 g/mol. The van der Waals surface area contributed by atoms with Crippen LogP contribution in [0.4, 0.5) is 0 Å². The van der Waals surface area contributed by atoms with E-state index < -0.39 is 0 Å². The van der Waals surface area contributed by atoms with Crippen molar-refractivity contribution in [1.82, 2.24) is 9.80 Å². The molecule has 0 radical (unpaired) electrons. The van der Waals surface area contributed by atoms with Gasteiger partial charge in [0.25, 0.3) is 0 Å². The van der Waals surface area contributed by atoms with Crippen molar-refractivity contribution < 1.29 is 19.7 Å². The van der Waals surface area contributed by atoms with Crippen LogP contribution in [0.3, 0.4) is 0 Å². The van der Waals surface area contributed by atoms with Crippen LogP contribution in [0.1, 0.15) is 13.8 Å². The van der Waals surface area contributed by atoms with E-state index in [-0.39, 0.29) is 13.2 Å². The van der Waals surface area contributed by atoms with E-state index in [1.54, 1.807) is 0 Å². The van der Waals surface area contributed by atoms with Gasteiger partial charge in [-0.2, -0.15) is 0 Å². The van der Waals surface area contributed by atoms with Crippen LogP contribution in [0.5, 0.6) is 11.5 Å². The molecular weight excluding hydrogens is 562 g/mol. The van der Waals surface area contributed by atoms with Crippen molar-refractivity contribution in [2.24, 2.45) is 0 Å². The van der Waals surface area contributed by atoms with Crippen molar-refractivity contribution in [1.29, 1.82) is 0 Å². The van der Waals surface area contributed by atoms with E-state index in [9.17, 15) is 0 Å². The molecule has 0 fully saturated rings. The third-order valence-electron chi connectivity index (χ3n) is 4.04. The monoisotopic (exact) mass is 592 g/mol. The van der Waals surface area contributed by atoms with Gasteiger partial charge in [-0.1, -0.05) is 13.8 Å². The number of ether oxygens (including phenoxy) is 2. The predicted molar refractivity (Wildman–Crippen MR) is 121 cm³/mol. The van der Waals surface area contributed by atoms with Crippen molar-refractivity contribution in [2.75, 3.05) is 65.7 Å². The average Bonchev–Trinajstić information content (AvgIpc) is 2.63. The summed E-state index contributed by atoms with van der Waals surface area (Å²) < 4.78 is 13.9. The fourth-order valence-electron chi connectivity index (χ4n) is 2.44. The Balaban J connectivity index is 2.53. The summed E-state index contributed by atoms with van der Waals surface area (Å²) >= 11 is 4.53. The summed E-state index contributed by atoms with van der Waals surface area (Å²) in [4.78, 5) is 4.31. The lowest BCUT2D eigenvalue weighted by molar-refractivity contribution is 0.172. The Morgan fingerprint density at radius 3 is 1.46 bits per heavy atom. The van der Waals surface area contributed by atoms with Crippen molar-refractivity contribution in [3.63, 3.8) is 0 Å². The van der Waals surface area contributed by atoms with Crippen LogP contribution in [-0.2, 0) is 0 Å². The molecular formula is C18H30I2N2O4. The first kappa shape index (κ1) is 24.2. The number of benzene rings is 1. The Bertz CT molecular complexity index is 474. The summed E-state index contributed by atoms with van der Waals surface area (Å²) in [5, 5.41) is 18.1. The molecule has 0 saturated heterocycles. The van der Waals surface area contributed by atoms with Crippen molar-refractivity contribution in [3.8, 4) is 11.5 Å². The van der Waals surface area contributed by atoms with E-state index in [0.717, 1.165) is 44.8 Å². The second kappa shape index (κ2) is 14.2. The number of aliphatic hydroxyl groups excluding tert-OH is 2. The quantitative estimate of drug-likeness (QED) is 0.324. The van der Waals surface area contributed by atoms with Crippen LogP contribution in [0.15, 0.2) is 12.1 Å². The second-order valence-electron chi connectivity index (χ2n) is 5.73. The van der Waals surface area contributed by atoms with Gasteiger partial charge in [0.1, 0.15) is 24.7 Å². The molecule has 0 unspecified atom stereocenters. The van der Waals surface area contributed by atoms with E-state index in [2.05, 4.69) is 68.8 Å². The maximum Gasteiger partial charge on any atom is 0.134 e. The molecule has 2 N–H and O–H groups in total. The lowest BCUT2D eigenvalue weighted by Gasteiger charge is -2.20. The summed E-state index contributed by atoms with van der Waals surface area (Å²) in [6, 6.07) is 4.01. The first-order valence-electron chi connectivity index (χ1n) is 8.96. The molecule has 0 saturated carbocycles. The zero-order valence-electron chi connectivity index (χ0n) is 15.6. The van der Waals surface area contributed by atoms with Crippen molar-refractivity contribution in [2.45, 2.75) is 13.8 Å². The number of rotatable bonds is 14. The van der Waals surface area contributed by atoms with Gasteiger partial charge >= 0.3 is 0 Å². The first-order chi connectivity index (χ1) is 12.5. The highest BCUT2D eigenvalue weighted by molar-refractivity contribution is 14.1. The summed E-state index contributed by atoms with van der Waals surface area (Å²) in [5.41, 5.74) is 0. The van der Waals surface area contributed by atoms with Gasteiger partial charge < -0.3 is 19.7 Å². The minimum absolute atomic E-state index is 0.170. The molecule has 0 spiro atoms. The molecule has 0 atom stereocenters. The van der Waals surface area contributed by atoms with Crippen LogP contribution in [-0.4, -0.2) is 85.7 Å². The van der Waals surface area contributed by atoms with Crippen LogP contribution < -0.4 is 9.47 Å². The van der Waals surface area contributed by atoms with Gasteiger partial charge in [-0.25, -0.2) is 0 Å². The zero-order chi connectivity index (χ0) is 19.4. The van der Waals surface area contributed by atoms with E-state index in [4.69, 9.17) is 19.7 Å². The molecule has 6 nitrogen and oxygen atoms in total. The van der Waals surface area contributed by atoms with Crippen LogP contribution in [0, 0.1) is 7.14 Å². The van der Waals surface area contributed by atoms with E-state index in [0.29, 0.717) is 26.3 Å². The number of hydrogen-bond acceptors (Lipinski definition) is 6. The molecule has 0 aromatic heterocycles. The first-order valence-corrected chi connectivity index (χ1v) is 11.1. The fourth-order valence-corrected chi connectivity index (χ4v) is 3.63. The lowest BCUT2D eigenvalue weighted by Crippen LogP contribution is -2.31. The minimum Gasteiger partial charge on any atom is -0.491 e. The van der Waals surface area contributed by atoms with Crippen LogP contribution >= 0.6 is 45.2 Å². The van der Waals surface area contributed by atoms with E-state index in [1.807, 2.05) is 12.1 Å². The Kier molecular flexibility index (Phi) is 13.2. The van der Waals surface area contributed by atoms with Gasteiger partial charge in [0.05, 0.1) is 20.4 Å². The third kappa shape index (κ3) is 8.87. The SMILES string of the molecule is CCN(CCO)CCOc1cc(I)c(OCCN(CC)CCO)cc1I. The third-order valence-corrected chi connectivity index (χ3v) is 5.73. The molecule has 1 aromatic carbocycles. The Morgan fingerprint density at radius 2 is 1.15 bits per heavy atom. The lowest BCUT2D eigenvalue weighted by atomic mass is 10.3. The van der Waals surface area contributed by atoms with Gasteiger partial charge in [-0.15, -0.1) is 0 Å². The molecule has 26 heavy (non-hydrogen) atoms. The van der Waals surface area contributed by atoms with Gasteiger partial charge in [0, 0.05) is 26.2 Å². The molecule has 8 heteroatoms. The fraction of sp³-hybridized carbons (Fsp3) is 0.667. The topological polar surface area (TPSA) is 65.4 Å². The highest BCUT2D eigenvalue weighted by Gasteiger charge is 2.10. The van der Waals surface area contributed by atoms with Gasteiger partial charge in [0.2, 0.25) is 0 Å². The molecule has 0 bridgehead atoms. The van der Waals surface area contributed by atoms with E-state index >= 15 is 0 Å². The number of hydrogen-bond donors (Lipinski definition) is 2. The molecule has 1 aromatic rings. The number of nitrogens with zero attached hydrogens (tertiary/aromatic N) is 2. The predicted octanol–water partition coefficient (Wildman–Crippen LogP) is 2.28. The normalized spacial score (nSPS) is 11.4. The smallest absolute Gasteiger partial charge is 0.134 e. The maximum absolute atomic E-state index is 9.03. The standard InChI is InChI=1S/C18H30I2N2O4/c1-3-21(5-9-23)7-11-25-17-13-16(20)18(14-15(17)19)26-12-8-22(4-2)6-10-24/h13-14,23-24H,3-12H2,1-2H3. The summed E-state index contributed by atoms with van der Waals surface area (Å²) in [6.45, 7) is 10.4. The molecule has 0 aliphatic heterocycles. The molecule has 0 heterocycles. The highest BCUT2D eigenvalue weighted by atomic mass is 127. The summed E-state index contributed by atoms with van der Waals surface area (Å²) in [6.07, 6.45) is 0. The molecule has 0 amide bonds. The zero-order valence-corrected chi connectivity index (χ0v) is 19.9. The Labute approximate surface area is 184 Å². The van der Waals surface area contributed by atoms with Gasteiger partial charge in [-0.05, 0) is 70.4 Å². The van der Waals surface area contributed by atoms with Gasteiger partial charge in [0.15, 0.2) is 0 Å². The van der Waals surface area contributed by atoms with Crippen molar-refractivity contribution in [3.05, 3.63) is 19.3 Å². The molecule has 0 aliphatic rings. The summed E-state index contributed by atoms with van der Waals surface area (Å²) in [5.74, 6) is 1.72. The van der Waals surface area contributed by atoms with Crippen molar-refractivity contribution >= 4 is 45.2 Å². The van der Waals surface area contributed by atoms with Gasteiger partial charge in [-0.3, -0.25) is 9.80 Å². The molecule has 1 rings (SSSR count). The molecule has 0 aliphatic carbocycles. The van der Waals surface area contributed by atoms with Crippen LogP contribution in [0.25, 0.3) is 0 Å². The van der Waals surface area contributed by atoms with E-state index in [1.165, 1.54) is 0 Å². The Morgan fingerprint density at radius 1 is 0.769 bits per heavy atom. The second-order valence-corrected chi connectivity index (χ2v) is 8.05. The number of halogens is 2. The molecule has 150 valence electrons. The Hall–Kier alpha value is 0.120. The number of likely N-dealkylation sites (N-methyl/N-ethyl adjacent to an activating group) is 2. The minimum atomic E-state index is 0.170. The largest absolute Gasteiger partial charge is 0.491 e.